The number of nitriles is 1. The molecular formula is C5H10N4. The summed E-state index contributed by atoms with van der Waals surface area (Å²) in [6.45, 7) is 3.26. The third-order valence-corrected chi connectivity index (χ3v) is 0.682. The van der Waals surface area contributed by atoms with E-state index in [1.54, 1.807) is 13.8 Å². The minimum absolute atomic E-state index is 0.0541. The van der Waals surface area contributed by atoms with Crippen molar-refractivity contribution in [3.8, 4) is 6.07 Å². The highest BCUT2D eigenvalue weighted by Crippen LogP contribution is 2.04. The number of rotatable bonds is 1. The van der Waals surface area contributed by atoms with Crippen molar-refractivity contribution in [2.45, 2.75) is 19.4 Å². The van der Waals surface area contributed by atoms with E-state index in [2.05, 4.69) is 4.99 Å². The molecule has 0 aromatic heterocycles. The zero-order valence-corrected chi connectivity index (χ0v) is 5.55. The fourth-order valence-electron chi connectivity index (χ4n) is 0.348. The van der Waals surface area contributed by atoms with Crippen LogP contribution in [0.15, 0.2) is 4.99 Å². The maximum absolute atomic E-state index is 8.37. The number of hydrogen-bond acceptors (Lipinski definition) is 2. The lowest BCUT2D eigenvalue weighted by Gasteiger charge is -2.07. The molecular weight excluding hydrogens is 116 g/mol. The average Bonchev–Trinajstić information content (AvgIpc) is 1.63. The predicted molar refractivity (Wildman–Crippen MR) is 35.5 cm³/mol. The topological polar surface area (TPSA) is 88.2 Å². The highest BCUT2D eigenvalue weighted by molar-refractivity contribution is 5.76. The van der Waals surface area contributed by atoms with Crippen molar-refractivity contribution in [3.63, 3.8) is 0 Å². The molecule has 0 aliphatic rings. The average molecular weight is 126 g/mol. The molecule has 4 nitrogen and oxygen atoms in total. The van der Waals surface area contributed by atoms with Crippen molar-refractivity contribution < 1.29 is 0 Å². The van der Waals surface area contributed by atoms with Crippen LogP contribution in [-0.4, -0.2) is 11.5 Å². The molecule has 0 heterocycles. The van der Waals surface area contributed by atoms with Crippen LogP contribution in [0.5, 0.6) is 0 Å². The van der Waals surface area contributed by atoms with Gasteiger partial charge in [-0.3, -0.25) is 0 Å². The van der Waals surface area contributed by atoms with E-state index in [-0.39, 0.29) is 5.96 Å². The summed E-state index contributed by atoms with van der Waals surface area (Å²) in [6.07, 6.45) is 0. The van der Waals surface area contributed by atoms with E-state index in [4.69, 9.17) is 16.7 Å². The largest absolute Gasteiger partial charge is 0.370 e. The fraction of sp³-hybridized carbons (Fsp3) is 0.600. The van der Waals surface area contributed by atoms with Gasteiger partial charge in [0.1, 0.15) is 5.54 Å². The molecule has 0 rings (SSSR count). The Morgan fingerprint density at radius 1 is 1.56 bits per heavy atom. The fourth-order valence-corrected chi connectivity index (χ4v) is 0.348. The highest BCUT2D eigenvalue weighted by atomic mass is 15.0. The van der Waals surface area contributed by atoms with Gasteiger partial charge < -0.3 is 11.5 Å². The summed E-state index contributed by atoms with van der Waals surface area (Å²) in [6, 6.07) is 1.93. The Kier molecular flexibility index (Phi) is 2.03. The van der Waals surface area contributed by atoms with Crippen molar-refractivity contribution in [2.75, 3.05) is 0 Å². The smallest absolute Gasteiger partial charge is 0.187 e. The van der Waals surface area contributed by atoms with Gasteiger partial charge >= 0.3 is 0 Å². The predicted octanol–water partition coefficient (Wildman–Crippen LogP) is -0.438. The molecule has 9 heavy (non-hydrogen) atoms. The number of nitrogens with two attached hydrogens (primary N) is 2. The molecule has 0 spiro atoms. The molecule has 50 valence electrons. The van der Waals surface area contributed by atoms with Gasteiger partial charge in [0, 0.05) is 0 Å². The summed E-state index contributed by atoms with van der Waals surface area (Å²) in [7, 11) is 0. The Bertz CT molecular complexity index is 158. The van der Waals surface area contributed by atoms with Gasteiger partial charge in [0.25, 0.3) is 0 Å². The second kappa shape index (κ2) is 2.35. The summed E-state index contributed by atoms with van der Waals surface area (Å²) in [5, 5.41) is 8.37. The lowest BCUT2D eigenvalue weighted by molar-refractivity contribution is 0.671. The van der Waals surface area contributed by atoms with Crippen LogP contribution in [-0.2, 0) is 0 Å². The minimum atomic E-state index is -0.793. The number of guanidine groups is 1. The molecule has 0 saturated carbocycles. The third-order valence-electron chi connectivity index (χ3n) is 0.682. The molecule has 0 saturated heterocycles. The first-order valence-electron chi connectivity index (χ1n) is 2.50. The van der Waals surface area contributed by atoms with Gasteiger partial charge in [-0.2, -0.15) is 5.26 Å². The van der Waals surface area contributed by atoms with E-state index < -0.39 is 5.54 Å². The summed E-state index contributed by atoms with van der Waals surface area (Å²) < 4.78 is 0. The van der Waals surface area contributed by atoms with Crippen molar-refractivity contribution in [2.24, 2.45) is 16.5 Å². The van der Waals surface area contributed by atoms with Gasteiger partial charge in [0.2, 0.25) is 0 Å². The van der Waals surface area contributed by atoms with Gasteiger partial charge in [-0.1, -0.05) is 0 Å². The first kappa shape index (κ1) is 7.76. The zero-order chi connectivity index (χ0) is 7.49. The number of nitrogens with zero attached hydrogens (tertiary/aromatic N) is 2. The van der Waals surface area contributed by atoms with Crippen LogP contribution in [0.2, 0.25) is 0 Å². The van der Waals surface area contributed by atoms with Crippen molar-refractivity contribution in [3.05, 3.63) is 0 Å². The third kappa shape index (κ3) is 3.35. The van der Waals surface area contributed by atoms with Crippen LogP contribution >= 0.6 is 0 Å². The number of hydrogen-bond donors (Lipinski definition) is 2. The molecule has 0 unspecified atom stereocenters. The lowest BCUT2D eigenvalue weighted by Crippen LogP contribution is -2.28. The second-order valence-corrected chi connectivity index (χ2v) is 2.21. The van der Waals surface area contributed by atoms with E-state index >= 15 is 0 Å². The SMILES string of the molecule is CC(C)(C#N)N=C(N)N. The molecule has 0 atom stereocenters. The zero-order valence-electron chi connectivity index (χ0n) is 5.55. The molecule has 0 bridgehead atoms. The van der Waals surface area contributed by atoms with E-state index in [1.165, 1.54) is 0 Å². The molecule has 0 aliphatic carbocycles. The van der Waals surface area contributed by atoms with Crippen LogP contribution < -0.4 is 11.5 Å². The summed E-state index contributed by atoms with van der Waals surface area (Å²) in [5.41, 5.74) is 9.27. The first-order valence-corrected chi connectivity index (χ1v) is 2.50. The standard InChI is InChI=1S/C5H10N4/c1-5(2,3-6)9-4(7)8/h1-2H3,(H4,7,8,9). The summed E-state index contributed by atoms with van der Waals surface area (Å²) >= 11 is 0. The van der Waals surface area contributed by atoms with Gasteiger partial charge in [-0.15, -0.1) is 0 Å². The maximum atomic E-state index is 8.37. The Hall–Kier alpha value is -1.24. The molecule has 0 radical (unpaired) electrons. The van der Waals surface area contributed by atoms with Gasteiger partial charge in [0.15, 0.2) is 5.96 Å². The summed E-state index contributed by atoms with van der Waals surface area (Å²) in [4.78, 5) is 3.64. The van der Waals surface area contributed by atoms with Crippen molar-refractivity contribution >= 4 is 5.96 Å². The van der Waals surface area contributed by atoms with Gasteiger partial charge in [0.05, 0.1) is 6.07 Å². The summed E-state index contributed by atoms with van der Waals surface area (Å²) in [5.74, 6) is -0.0541. The molecule has 4 heteroatoms. The number of aliphatic imine (C=N–C) groups is 1. The molecule has 0 aliphatic heterocycles. The molecule has 4 N–H and O–H groups in total. The quantitative estimate of drug-likeness (QED) is 0.369. The molecule has 0 amide bonds. The maximum Gasteiger partial charge on any atom is 0.187 e. The first-order chi connectivity index (χ1) is 3.98. The second-order valence-electron chi connectivity index (χ2n) is 2.21. The molecule has 0 aromatic rings. The Morgan fingerprint density at radius 3 is 2.11 bits per heavy atom. The van der Waals surface area contributed by atoms with E-state index in [0.717, 1.165) is 0 Å². The minimum Gasteiger partial charge on any atom is -0.370 e. The Labute approximate surface area is 54.2 Å². The van der Waals surface area contributed by atoms with Gasteiger partial charge in [-0.05, 0) is 13.8 Å². The van der Waals surface area contributed by atoms with Crippen LogP contribution in [0.4, 0.5) is 0 Å². The van der Waals surface area contributed by atoms with E-state index in [9.17, 15) is 0 Å². The van der Waals surface area contributed by atoms with Crippen LogP contribution in [0, 0.1) is 11.3 Å². The Balaban J connectivity index is 4.24. The molecule has 0 aromatic carbocycles. The van der Waals surface area contributed by atoms with Crippen molar-refractivity contribution in [1.29, 1.82) is 5.26 Å². The van der Waals surface area contributed by atoms with Crippen LogP contribution in [0.1, 0.15) is 13.8 Å². The highest BCUT2D eigenvalue weighted by Gasteiger charge is 2.13. The van der Waals surface area contributed by atoms with Crippen molar-refractivity contribution in [1.82, 2.24) is 0 Å². The molecule has 0 fully saturated rings. The monoisotopic (exact) mass is 126 g/mol. The van der Waals surface area contributed by atoms with Crippen LogP contribution in [0.3, 0.4) is 0 Å². The van der Waals surface area contributed by atoms with E-state index in [0.29, 0.717) is 0 Å². The van der Waals surface area contributed by atoms with Crippen LogP contribution in [0.25, 0.3) is 0 Å². The Morgan fingerprint density at radius 2 is 2.00 bits per heavy atom. The lowest BCUT2D eigenvalue weighted by atomic mass is 10.1. The van der Waals surface area contributed by atoms with E-state index in [1.807, 2.05) is 6.07 Å². The van der Waals surface area contributed by atoms with Gasteiger partial charge in [-0.25, -0.2) is 4.99 Å². The normalized spacial score (nSPS) is 9.89.